The molecule has 1 aromatic heterocycles. The maximum Gasteiger partial charge on any atom is 0.573 e. The molecule has 0 bridgehead atoms. The number of ether oxygens (including phenoxy) is 2. The number of halogens is 3. The van der Waals surface area contributed by atoms with Crippen LogP contribution in [0.25, 0.3) is 11.4 Å². The number of carbonyl (C=O) groups is 1. The highest BCUT2D eigenvalue weighted by Crippen LogP contribution is 2.26. The van der Waals surface area contributed by atoms with E-state index in [0.717, 1.165) is 12.1 Å². The van der Waals surface area contributed by atoms with Crippen LogP contribution in [0.2, 0.25) is 0 Å². The van der Waals surface area contributed by atoms with Crippen molar-refractivity contribution in [3.8, 4) is 17.1 Å². The number of hydrogen-bond acceptors (Lipinski definition) is 7. The highest BCUT2D eigenvalue weighted by Gasteiger charge is 2.31. The second kappa shape index (κ2) is 6.65. The van der Waals surface area contributed by atoms with Crippen LogP contribution in [0.4, 0.5) is 13.2 Å². The third kappa shape index (κ3) is 4.68. The number of alkyl halides is 3. The van der Waals surface area contributed by atoms with Crippen LogP contribution in [0.1, 0.15) is 18.4 Å². The quantitative estimate of drug-likeness (QED) is 0.838. The maximum absolute atomic E-state index is 12.1. The van der Waals surface area contributed by atoms with Crippen molar-refractivity contribution in [3.05, 3.63) is 30.2 Å². The number of benzene rings is 1. The Balaban J connectivity index is 2.09. The largest absolute Gasteiger partial charge is 0.573 e. The Morgan fingerprint density at radius 3 is 2.57 bits per heavy atom. The van der Waals surface area contributed by atoms with Crippen LogP contribution in [0.15, 0.2) is 28.8 Å². The van der Waals surface area contributed by atoms with E-state index in [2.05, 4.69) is 19.6 Å². The zero-order valence-electron chi connectivity index (χ0n) is 11.8. The molecule has 0 aliphatic heterocycles. The fourth-order valence-corrected chi connectivity index (χ4v) is 1.66. The molecule has 0 saturated carbocycles. The van der Waals surface area contributed by atoms with Crippen LogP contribution in [0.3, 0.4) is 0 Å². The van der Waals surface area contributed by atoms with Gasteiger partial charge in [-0.25, -0.2) is 0 Å². The first kappa shape index (κ1) is 16.7. The van der Waals surface area contributed by atoms with Gasteiger partial charge < -0.3 is 19.7 Å². The Morgan fingerprint density at radius 2 is 2.00 bits per heavy atom. The molecule has 0 aliphatic rings. The number of carbonyl (C=O) groups excluding carboxylic acids is 1. The van der Waals surface area contributed by atoms with Crippen molar-refractivity contribution in [2.24, 2.45) is 5.73 Å². The van der Waals surface area contributed by atoms with E-state index in [1.165, 1.54) is 19.2 Å². The average molecular weight is 331 g/mol. The van der Waals surface area contributed by atoms with Gasteiger partial charge in [0.2, 0.25) is 11.7 Å². The first-order valence-electron chi connectivity index (χ1n) is 6.30. The number of nitrogens with zero attached hydrogens (tertiary/aromatic N) is 2. The molecule has 1 atom stereocenters. The van der Waals surface area contributed by atoms with Gasteiger partial charge in [-0.1, -0.05) is 5.16 Å². The first-order valence-corrected chi connectivity index (χ1v) is 6.30. The molecule has 2 aromatic rings. The number of esters is 1. The molecule has 2 N–H and O–H groups in total. The van der Waals surface area contributed by atoms with Gasteiger partial charge in [0, 0.05) is 5.56 Å². The lowest BCUT2D eigenvalue weighted by molar-refractivity contribution is -0.274. The number of aromatic nitrogens is 2. The molecule has 7 nitrogen and oxygen atoms in total. The van der Waals surface area contributed by atoms with E-state index in [0.29, 0.717) is 5.56 Å². The minimum atomic E-state index is -4.76. The summed E-state index contributed by atoms with van der Waals surface area (Å²) in [6.07, 6.45) is -4.90. The SMILES string of the molecule is COC(=O)C[C@H](N)c1nc(-c2ccc(OC(F)(F)F)cc2)no1. The lowest BCUT2D eigenvalue weighted by Crippen LogP contribution is -2.17. The van der Waals surface area contributed by atoms with Crippen molar-refractivity contribution in [2.75, 3.05) is 7.11 Å². The van der Waals surface area contributed by atoms with Crippen molar-refractivity contribution in [1.82, 2.24) is 10.1 Å². The molecule has 23 heavy (non-hydrogen) atoms. The molecule has 10 heteroatoms. The van der Waals surface area contributed by atoms with E-state index < -0.39 is 18.4 Å². The molecule has 2 rings (SSSR count). The minimum Gasteiger partial charge on any atom is -0.469 e. The van der Waals surface area contributed by atoms with E-state index in [9.17, 15) is 18.0 Å². The monoisotopic (exact) mass is 331 g/mol. The summed E-state index contributed by atoms with van der Waals surface area (Å²) in [5, 5.41) is 3.66. The van der Waals surface area contributed by atoms with Crippen LogP contribution in [0.5, 0.6) is 5.75 Å². The van der Waals surface area contributed by atoms with E-state index in [4.69, 9.17) is 10.3 Å². The van der Waals surface area contributed by atoms with Crippen LogP contribution >= 0.6 is 0 Å². The zero-order valence-corrected chi connectivity index (χ0v) is 11.8. The molecular formula is C13H12F3N3O4. The number of nitrogens with two attached hydrogens (primary N) is 1. The molecule has 0 aliphatic carbocycles. The molecule has 0 unspecified atom stereocenters. The van der Waals surface area contributed by atoms with Crippen LogP contribution in [-0.4, -0.2) is 29.6 Å². The molecule has 1 heterocycles. The van der Waals surface area contributed by atoms with E-state index in [1.807, 2.05) is 0 Å². The first-order chi connectivity index (χ1) is 10.8. The zero-order chi connectivity index (χ0) is 17.0. The molecule has 0 saturated heterocycles. The van der Waals surface area contributed by atoms with Gasteiger partial charge in [0.05, 0.1) is 19.6 Å². The molecule has 0 spiro atoms. The molecule has 0 radical (unpaired) electrons. The van der Waals surface area contributed by atoms with E-state index in [-0.39, 0.29) is 23.9 Å². The fraction of sp³-hybridized carbons (Fsp3) is 0.308. The topological polar surface area (TPSA) is 100 Å². The summed E-state index contributed by atoms with van der Waals surface area (Å²) in [4.78, 5) is 15.1. The summed E-state index contributed by atoms with van der Waals surface area (Å²) < 4.78 is 49.4. The van der Waals surface area contributed by atoms with Gasteiger partial charge in [-0.05, 0) is 24.3 Å². The Kier molecular flexibility index (Phi) is 4.84. The Hall–Kier alpha value is -2.62. The van der Waals surface area contributed by atoms with Gasteiger partial charge in [0.25, 0.3) is 0 Å². The highest BCUT2D eigenvalue weighted by molar-refractivity contribution is 5.70. The predicted octanol–water partition coefficient (Wildman–Crippen LogP) is 2.20. The van der Waals surface area contributed by atoms with Gasteiger partial charge >= 0.3 is 12.3 Å². The Morgan fingerprint density at radius 1 is 1.35 bits per heavy atom. The third-order valence-electron chi connectivity index (χ3n) is 2.72. The summed E-state index contributed by atoms with van der Waals surface area (Å²) >= 11 is 0. The normalized spacial score (nSPS) is 12.7. The third-order valence-corrected chi connectivity index (χ3v) is 2.72. The van der Waals surface area contributed by atoms with Crippen LogP contribution in [-0.2, 0) is 9.53 Å². The van der Waals surface area contributed by atoms with E-state index >= 15 is 0 Å². The lowest BCUT2D eigenvalue weighted by Gasteiger charge is -2.08. The smallest absolute Gasteiger partial charge is 0.469 e. The average Bonchev–Trinajstić information content (AvgIpc) is 2.96. The van der Waals surface area contributed by atoms with Crippen LogP contribution in [0, 0.1) is 0 Å². The molecule has 0 fully saturated rings. The predicted molar refractivity (Wildman–Crippen MR) is 70.0 cm³/mol. The summed E-state index contributed by atoms with van der Waals surface area (Å²) in [6, 6.07) is 4.07. The van der Waals surface area contributed by atoms with Crippen LogP contribution < -0.4 is 10.5 Å². The van der Waals surface area contributed by atoms with Crippen molar-refractivity contribution in [3.63, 3.8) is 0 Å². The number of hydrogen-bond donors (Lipinski definition) is 1. The second-order valence-corrected chi connectivity index (χ2v) is 4.42. The molecule has 124 valence electrons. The van der Waals surface area contributed by atoms with E-state index in [1.54, 1.807) is 0 Å². The standard InChI is InChI=1S/C13H12F3N3O4/c1-21-10(20)6-9(17)12-18-11(19-23-12)7-2-4-8(5-3-7)22-13(14,15)16/h2-5,9H,6,17H2,1H3/t9-/m0/s1. The summed E-state index contributed by atoms with van der Waals surface area (Å²) in [6.45, 7) is 0. The van der Waals surface area contributed by atoms with Gasteiger partial charge in [-0.3, -0.25) is 4.79 Å². The lowest BCUT2D eigenvalue weighted by atomic mass is 10.2. The Bertz CT molecular complexity index is 670. The van der Waals surface area contributed by atoms with Gasteiger partial charge in [-0.15, -0.1) is 13.2 Å². The molecular weight excluding hydrogens is 319 g/mol. The number of rotatable bonds is 5. The van der Waals surface area contributed by atoms with Gasteiger partial charge in [0.1, 0.15) is 5.75 Å². The second-order valence-electron chi connectivity index (χ2n) is 4.42. The van der Waals surface area contributed by atoms with Gasteiger partial charge in [-0.2, -0.15) is 4.98 Å². The summed E-state index contributed by atoms with van der Waals surface area (Å²) in [7, 11) is 1.22. The molecule has 1 aromatic carbocycles. The van der Waals surface area contributed by atoms with Crippen molar-refractivity contribution in [1.29, 1.82) is 0 Å². The van der Waals surface area contributed by atoms with Gasteiger partial charge in [0.15, 0.2) is 0 Å². The summed E-state index contributed by atoms with van der Waals surface area (Å²) in [5.41, 5.74) is 6.12. The summed E-state index contributed by atoms with van der Waals surface area (Å²) in [5.74, 6) is -0.766. The highest BCUT2D eigenvalue weighted by atomic mass is 19.4. The maximum atomic E-state index is 12.1. The van der Waals surface area contributed by atoms with Crippen molar-refractivity contribution < 1.29 is 32.0 Å². The van der Waals surface area contributed by atoms with Crippen molar-refractivity contribution >= 4 is 5.97 Å². The minimum absolute atomic E-state index is 0.0148. The van der Waals surface area contributed by atoms with Crippen molar-refractivity contribution in [2.45, 2.75) is 18.8 Å². The fourth-order valence-electron chi connectivity index (χ4n) is 1.66. The Labute approximate surface area is 128 Å². The number of methoxy groups -OCH3 is 1. The molecule has 0 amide bonds.